The van der Waals surface area contributed by atoms with Crippen LogP contribution in [0.25, 0.3) is 0 Å². The van der Waals surface area contributed by atoms with E-state index in [1.54, 1.807) is 22.6 Å². The first-order valence-electron chi connectivity index (χ1n) is 12.5. The minimum absolute atomic E-state index is 0.131. The molecule has 1 N–H and O–H groups in total. The Morgan fingerprint density at radius 3 is 2.38 bits per heavy atom. The molecule has 3 aliphatic heterocycles. The van der Waals surface area contributed by atoms with Gasteiger partial charge in [-0.2, -0.15) is 4.31 Å². The number of carbonyl (C=O) groups excluding carboxylic acids is 1. The van der Waals surface area contributed by atoms with Crippen molar-refractivity contribution in [3.8, 4) is 0 Å². The lowest BCUT2D eigenvalue weighted by molar-refractivity contribution is -0.118. The van der Waals surface area contributed by atoms with Crippen LogP contribution in [0.5, 0.6) is 0 Å². The van der Waals surface area contributed by atoms with E-state index in [-0.39, 0.29) is 5.91 Å². The highest BCUT2D eigenvalue weighted by Gasteiger charge is 2.35. The number of aromatic nitrogens is 3. The summed E-state index contributed by atoms with van der Waals surface area (Å²) in [7, 11) is -3.64. The number of carbonyl (C=O) groups is 1. The minimum Gasteiger partial charge on any atom is -0.354 e. The van der Waals surface area contributed by atoms with Gasteiger partial charge in [-0.3, -0.25) is 4.79 Å². The van der Waals surface area contributed by atoms with Gasteiger partial charge in [0.05, 0.1) is 10.6 Å². The number of hydrogen-bond acceptors (Lipinski definition) is 8. The minimum atomic E-state index is -3.64. The summed E-state index contributed by atoms with van der Waals surface area (Å²) >= 11 is 0. The highest BCUT2D eigenvalue weighted by Crippen LogP contribution is 2.39. The largest absolute Gasteiger partial charge is 0.354 e. The molecular weight excluding hydrogens is 490 g/mol. The lowest BCUT2D eigenvalue weighted by Gasteiger charge is -2.35. The number of anilines is 4. The van der Waals surface area contributed by atoms with E-state index in [4.69, 9.17) is 0 Å². The number of piperazine rings is 1. The van der Waals surface area contributed by atoms with Crippen LogP contribution in [0.2, 0.25) is 0 Å². The SMILES string of the molecule is Cc1ccnc(Nc2cc(N3CCN(S(=O)(=O)c4cc5c6c(c4)CCN6C(=O)CC5)CC3)nc(C)n2)c1. The third kappa shape index (κ3) is 4.42. The molecule has 1 amide bonds. The van der Waals surface area contributed by atoms with E-state index in [9.17, 15) is 13.2 Å². The van der Waals surface area contributed by atoms with Crippen molar-refractivity contribution in [2.45, 2.75) is 38.0 Å². The number of benzene rings is 1. The summed E-state index contributed by atoms with van der Waals surface area (Å²) in [6.45, 7) is 6.27. The second-order valence-corrected chi connectivity index (χ2v) is 11.7. The molecule has 6 rings (SSSR count). The van der Waals surface area contributed by atoms with Gasteiger partial charge in [0.25, 0.3) is 0 Å². The summed E-state index contributed by atoms with van der Waals surface area (Å²) in [5, 5.41) is 3.24. The zero-order valence-corrected chi connectivity index (χ0v) is 21.8. The van der Waals surface area contributed by atoms with Crippen molar-refractivity contribution >= 4 is 39.1 Å². The summed E-state index contributed by atoms with van der Waals surface area (Å²) in [5.74, 6) is 2.87. The van der Waals surface area contributed by atoms with Gasteiger partial charge in [-0.15, -0.1) is 0 Å². The zero-order valence-electron chi connectivity index (χ0n) is 20.9. The molecule has 1 saturated heterocycles. The van der Waals surface area contributed by atoms with Gasteiger partial charge in [0, 0.05) is 51.4 Å². The third-order valence-electron chi connectivity index (χ3n) is 7.22. The molecule has 5 heterocycles. The van der Waals surface area contributed by atoms with Crippen LogP contribution in [0.15, 0.2) is 41.4 Å². The molecule has 11 heteroatoms. The van der Waals surface area contributed by atoms with Crippen molar-refractivity contribution in [3.05, 3.63) is 59.0 Å². The van der Waals surface area contributed by atoms with Crippen molar-refractivity contribution < 1.29 is 13.2 Å². The van der Waals surface area contributed by atoms with E-state index in [0.717, 1.165) is 28.2 Å². The Hall–Kier alpha value is -3.57. The number of aryl methyl sites for hydroxylation is 3. The van der Waals surface area contributed by atoms with Crippen molar-refractivity contribution in [2.24, 2.45) is 0 Å². The van der Waals surface area contributed by atoms with Gasteiger partial charge in [0.1, 0.15) is 23.3 Å². The summed E-state index contributed by atoms with van der Waals surface area (Å²) in [5.41, 5.74) is 3.96. The van der Waals surface area contributed by atoms with E-state index in [0.29, 0.717) is 74.3 Å². The molecule has 0 bridgehead atoms. The maximum Gasteiger partial charge on any atom is 0.243 e. The van der Waals surface area contributed by atoms with E-state index in [1.165, 1.54) is 0 Å². The molecule has 0 radical (unpaired) electrons. The molecule has 37 heavy (non-hydrogen) atoms. The summed E-state index contributed by atoms with van der Waals surface area (Å²) < 4.78 is 28.7. The number of rotatable bonds is 5. The summed E-state index contributed by atoms with van der Waals surface area (Å²) in [6.07, 6.45) is 3.48. The molecule has 0 saturated carbocycles. The maximum atomic E-state index is 13.6. The van der Waals surface area contributed by atoms with Crippen molar-refractivity contribution in [1.82, 2.24) is 19.3 Å². The van der Waals surface area contributed by atoms with Gasteiger partial charge in [-0.05, 0) is 67.6 Å². The van der Waals surface area contributed by atoms with Crippen LogP contribution in [0.3, 0.4) is 0 Å². The van der Waals surface area contributed by atoms with Gasteiger partial charge < -0.3 is 15.1 Å². The van der Waals surface area contributed by atoms with Crippen LogP contribution in [-0.2, 0) is 27.7 Å². The second-order valence-electron chi connectivity index (χ2n) is 9.78. The fourth-order valence-corrected chi connectivity index (χ4v) is 6.92. The Bertz CT molecular complexity index is 1500. The molecule has 2 aromatic heterocycles. The molecule has 3 aromatic rings. The molecule has 1 aromatic carbocycles. The van der Waals surface area contributed by atoms with Crippen LogP contribution in [0.4, 0.5) is 23.1 Å². The van der Waals surface area contributed by atoms with Crippen molar-refractivity contribution in [1.29, 1.82) is 0 Å². The number of nitrogens with one attached hydrogen (secondary N) is 1. The summed E-state index contributed by atoms with van der Waals surface area (Å²) in [6, 6.07) is 9.30. The first-order chi connectivity index (χ1) is 17.8. The fourth-order valence-electron chi connectivity index (χ4n) is 5.40. The van der Waals surface area contributed by atoms with Gasteiger partial charge >= 0.3 is 0 Å². The highest BCUT2D eigenvalue weighted by atomic mass is 32.2. The Kier molecular flexibility index (Phi) is 5.84. The van der Waals surface area contributed by atoms with Crippen LogP contribution >= 0.6 is 0 Å². The molecule has 10 nitrogen and oxygen atoms in total. The van der Waals surface area contributed by atoms with Gasteiger partial charge in [-0.25, -0.2) is 23.4 Å². The number of pyridine rings is 1. The standard InChI is InChI=1S/C26H29N7O3S/c1-17-5-7-27-22(13-17)30-23-16-24(29-18(2)28-23)31-9-11-32(12-10-31)37(35,36)21-14-19-3-4-25(34)33-8-6-20(15-21)26(19)33/h5,7,13-16H,3-4,6,8-12H2,1-2H3,(H,27,28,29,30). The molecule has 0 spiro atoms. The first-order valence-corrected chi connectivity index (χ1v) is 14.0. The molecule has 0 aliphatic carbocycles. The maximum absolute atomic E-state index is 13.6. The number of amides is 1. The molecule has 192 valence electrons. The van der Waals surface area contributed by atoms with E-state index in [2.05, 4.69) is 25.2 Å². The molecule has 0 atom stereocenters. The predicted octanol–water partition coefficient (Wildman–Crippen LogP) is 2.58. The third-order valence-corrected chi connectivity index (χ3v) is 9.10. The van der Waals surface area contributed by atoms with E-state index >= 15 is 0 Å². The van der Waals surface area contributed by atoms with Gasteiger partial charge in [0.2, 0.25) is 15.9 Å². The number of hydrogen-bond donors (Lipinski definition) is 1. The van der Waals surface area contributed by atoms with Crippen LogP contribution in [0.1, 0.15) is 28.9 Å². The second kappa shape index (κ2) is 9.07. The average molecular weight is 520 g/mol. The smallest absolute Gasteiger partial charge is 0.243 e. The monoisotopic (exact) mass is 519 g/mol. The van der Waals surface area contributed by atoms with E-state index < -0.39 is 10.0 Å². The fraction of sp³-hybridized carbons (Fsp3) is 0.385. The van der Waals surface area contributed by atoms with Gasteiger partial charge in [-0.1, -0.05) is 0 Å². The van der Waals surface area contributed by atoms with E-state index in [1.807, 2.05) is 36.9 Å². The lowest BCUT2D eigenvalue weighted by Crippen LogP contribution is -2.49. The average Bonchev–Trinajstić information content (AvgIpc) is 3.31. The Morgan fingerprint density at radius 1 is 0.865 bits per heavy atom. The normalized spacial score (nSPS) is 17.7. The van der Waals surface area contributed by atoms with Crippen molar-refractivity contribution in [2.75, 3.05) is 47.8 Å². The quantitative estimate of drug-likeness (QED) is 0.548. The van der Waals surface area contributed by atoms with Gasteiger partial charge in [0.15, 0.2) is 0 Å². The molecule has 1 fully saturated rings. The van der Waals surface area contributed by atoms with Crippen LogP contribution < -0.4 is 15.1 Å². The predicted molar refractivity (Wildman–Crippen MR) is 141 cm³/mol. The topological polar surface area (TPSA) is 112 Å². The Balaban J connectivity index is 1.18. The van der Waals surface area contributed by atoms with Crippen LogP contribution in [-0.4, -0.2) is 66.3 Å². The molecule has 3 aliphatic rings. The van der Waals surface area contributed by atoms with Crippen LogP contribution in [0, 0.1) is 13.8 Å². The number of sulfonamides is 1. The molecular formula is C26H29N7O3S. The zero-order chi connectivity index (χ0) is 25.7. The Labute approximate surface area is 216 Å². The molecule has 0 unspecified atom stereocenters. The Morgan fingerprint density at radius 2 is 1.62 bits per heavy atom. The van der Waals surface area contributed by atoms with Crippen molar-refractivity contribution in [3.63, 3.8) is 0 Å². The summed E-state index contributed by atoms with van der Waals surface area (Å²) in [4.78, 5) is 29.9. The highest BCUT2D eigenvalue weighted by molar-refractivity contribution is 7.89. The number of nitrogens with zero attached hydrogens (tertiary/aromatic N) is 6. The first kappa shape index (κ1) is 23.8. The lowest BCUT2D eigenvalue weighted by atomic mass is 10.00.